The van der Waals surface area contributed by atoms with E-state index in [9.17, 15) is 26.4 Å². The lowest BCUT2D eigenvalue weighted by Crippen LogP contribution is -2.40. The molecular weight excluding hydrogens is 589 g/mol. The van der Waals surface area contributed by atoms with Crippen LogP contribution in [0.3, 0.4) is 0 Å². The normalized spacial score (nSPS) is 18.2. The van der Waals surface area contributed by atoms with E-state index in [-0.39, 0.29) is 28.5 Å². The molecule has 0 radical (unpaired) electrons. The van der Waals surface area contributed by atoms with Crippen LogP contribution in [0.15, 0.2) is 47.6 Å². The van der Waals surface area contributed by atoms with Gasteiger partial charge in [-0.05, 0) is 89.6 Å². The molecule has 13 heteroatoms. The number of thiazole rings is 1. The smallest absolute Gasteiger partial charge is 0.433 e. The molecule has 0 unspecified atom stereocenters. The van der Waals surface area contributed by atoms with Crippen LogP contribution in [0.25, 0.3) is 21.6 Å². The van der Waals surface area contributed by atoms with E-state index in [4.69, 9.17) is 4.74 Å². The highest BCUT2D eigenvalue weighted by Gasteiger charge is 2.33. The Kier molecular flexibility index (Phi) is 9.34. The number of carbonyl (C=O) groups is 1. The summed E-state index contributed by atoms with van der Waals surface area (Å²) in [6.45, 7) is 8.73. The summed E-state index contributed by atoms with van der Waals surface area (Å²) in [5.41, 5.74) is -0.929. The Morgan fingerprint density at radius 2 is 1.69 bits per heavy atom. The summed E-state index contributed by atoms with van der Waals surface area (Å²) in [4.78, 5) is 20.6. The molecule has 2 aromatic heterocycles. The second-order valence-corrected chi connectivity index (χ2v) is 14.4. The van der Waals surface area contributed by atoms with Crippen LogP contribution in [0.2, 0.25) is 0 Å². The number of aromatic nitrogens is 2. The van der Waals surface area contributed by atoms with Crippen LogP contribution >= 0.6 is 11.3 Å². The number of nitrogens with zero attached hydrogens (tertiary/aromatic N) is 2. The quantitative estimate of drug-likeness (QED) is 0.290. The van der Waals surface area contributed by atoms with Gasteiger partial charge in [0.2, 0.25) is 10.0 Å². The average Bonchev–Trinajstić information content (AvgIpc) is 3.37. The van der Waals surface area contributed by atoms with E-state index in [0.29, 0.717) is 16.0 Å². The van der Waals surface area contributed by atoms with Gasteiger partial charge in [-0.1, -0.05) is 12.1 Å². The number of amides is 1. The predicted molar refractivity (Wildman–Crippen MR) is 156 cm³/mol. The minimum Gasteiger partial charge on any atom is -0.447 e. The lowest BCUT2D eigenvalue weighted by molar-refractivity contribution is -0.141. The number of carbonyl (C=O) groups excluding carboxylic acids is 1. The van der Waals surface area contributed by atoms with Gasteiger partial charge in [0.05, 0.1) is 20.9 Å². The van der Waals surface area contributed by atoms with Gasteiger partial charge in [-0.2, -0.15) is 13.2 Å². The highest BCUT2D eigenvalue weighted by atomic mass is 32.2. The van der Waals surface area contributed by atoms with E-state index < -0.39 is 33.5 Å². The van der Waals surface area contributed by atoms with Gasteiger partial charge in [0, 0.05) is 35.5 Å². The maximum atomic E-state index is 13.6. The molecule has 1 aromatic carbocycles. The Labute approximate surface area is 248 Å². The van der Waals surface area contributed by atoms with E-state index in [1.54, 1.807) is 52.9 Å². The Morgan fingerprint density at radius 3 is 2.31 bits per heavy atom. The summed E-state index contributed by atoms with van der Waals surface area (Å²) in [5.74, 6) is 0.160. The minimum atomic E-state index is -4.63. The van der Waals surface area contributed by atoms with Crippen molar-refractivity contribution in [3.05, 3.63) is 53.4 Å². The van der Waals surface area contributed by atoms with E-state index in [1.165, 1.54) is 23.5 Å². The fraction of sp³-hybridized carbons (Fsp3) is 0.483. The highest BCUT2D eigenvalue weighted by molar-refractivity contribution is 7.89. The molecule has 0 atom stereocenters. The van der Waals surface area contributed by atoms with Crippen molar-refractivity contribution in [2.24, 2.45) is 0 Å². The first kappa shape index (κ1) is 31.9. The number of halogens is 3. The van der Waals surface area contributed by atoms with E-state index in [0.717, 1.165) is 43.0 Å². The maximum absolute atomic E-state index is 13.6. The highest BCUT2D eigenvalue weighted by Crippen LogP contribution is 2.41. The molecule has 1 aliphatic rings. The third-order valence-electron chi connectivity index (χ3n) is 6.63. The van der Waals surface area contributed by atoms with Crippen molar-refractivity contribution < 1.29 is 31.1 Å². The van der Waals surface area contributed by atoms with Crippen LogP contribution in [0.1, 0.15) is 76.9 Å². The molecule has 8 nitrogen and oxygen atoms in total. The third-order valence-corrected chi connectivity index (χ3v) is 9.62. The molecule has 2 heterocycles. The van der Waals surface area contributed by atoms with Gasteiger partial charge < -0.3 is 10.1 Å². The van der Waals surface area contributed by atoms with Crippen LogP contribution in [0, 0.1) is 0 Å². The van der Waals surface area contributed by atoms with Gasteiger partial charge in [0.15, 0.2) is 0 Å². The Bertz CT molecular complexity index is 1520. The minimum absolute atomic E-state index is 0.0192. The molecule has 1 fully saturated rings. The lowest BCUT2D eigenvalue weighted by Gasteiger charge is -2.28. The largest absolute Gasteiger partial charge is 0.447 e. The molecular formula is C29H35F3N4O4S2. The van der Waals surface area contributed by atoms with E-state index in [2.05, 4.69) is 20.0 Å². The molecule has 228 valence electrons. The number of benzene rings is 1. The number of ether oxygens (including phenoxy) is 1. The van der Waals surface area contributed by atoms with Crippen molar-refractivity contribution in [1.82, 2.24) is 20.0 Å². The zero-order valence-electron chi connectivity index (χ0n) is 24.1. The number of pyridine rings is 1. The maximum Gasteiger partial charge on any atom is 0.433 e. The topological polar surface area (TPSA) is 110 Å². The fourth-order valence-corrected chi connectivity index (χ4v) is 7.71. The summed E-state index contributed by atoms with van der Waals surface area (Å²) in [7, 11) is -4.07. The molecule has 3 aromatic rings. The molecule has 1 aliphatic carbocycles. The molecule has 0 aliphatic heterocycles. The summed E-state index contributed by atoms with van der Waals surface area (Å²) in [6, 6.07) is 6.94. The summed E-state index contributed by atoms with van der Waals surface area (Å²) >= 11 is 1.40. The molecule has 1 saturated carbocycles. The van der Waals surface area contributed by atoms with Gasteiger partial charge >= 0.3 is 12.3 Å². The third kappa shape index (κ3) is 8.07. The summed E-state index contributed by atoms with van der Waals surface area (Å²) < 4.78 is 74.9. The standard InChI is InChI=1S/C29H35F3N4O4S2/c1-17(2)40-27(37)35-21-9-6-18(7-10-21)26-34-16-23(41-26)22-11-8-19(14-24(22)42(38,39)36-28(3,4)5)20-12-13-33-25(15-20)29(30,31)32/h8,11-18,21,36H,6-7,9-10H2,1-5H3,(H,35,37)/t18-,21-. The molecule has 0 spiro atoms. The average molecular weight is 625 g/mol. The zero-order chi connectivity index (χ0) is 30.9. The van der Waals surface area contributed by atoms with Crippen LogP contribution in [-0.2, 0) is 20.9 Å². The summed E-state index contributed by atoms with van der Waals surface area (Å²) in [6.07, 6.45) is 0.586. The predicted octanol–water partition coefficient (Wildman–Crippen LogP) is 7.13. The second-order valence-electron chi connectivity index (χ2n) is 11.7. The number of sulfonamides is 1. The Morgan fingerprint density at radius 1 is 1.02 bits per heavy atom. The van der Waals surface area contributed by atoms with Crippen molar-refractivity contribution in [3.8, 4) is 21.6 Å². The number of hydrogen-bond donors (Lipinski definition) is 2. The number of hydrogen-bond acceptors (Lipinski definition) is 7. The van der Waals surface area contributed by atoms with E-state index in [1.807, 2.05) is 0 Å². The Balaban J connectivity index is 1.63. The fourth-order valence-electron chi connectivity index (χ4n) is 4.85. The van der Waals surface area contributed by atoms with Crippen molar-refractivity contribution in [2.45, 2.75) is 95.0 Å². The van der Waals surface area contributed by atoms with Gasteiger partial charge in [-0.3, -0.25) is 4.98 Å². The zero-order valence-corrected chi connectivity index (χ0v) is 25.7. The first-order chi connectivity index (χ1) is 19.5. The van der Waals surface area contributed by atoms with Crippen LogP contribution in [0.4, 0.5) is 18.0 Å². The molecule has 2 N–H and O–H groups in total. The van der Waals surface area contributed by atoms with E-state index >= 15 is 0 Å². The SMILES string of the molecule is CC(C)OC(=O)N[C@H]1CC[C@H](c2ncc(-c3ccc(-c4ccnc(C(F)(F)F)c4)cc3S(=O)(=O)NC(C)(C)C)s2)CC1. The molecule has 4 rings (SSSR count). The number of alkyl halides is 3. The molecule has 0 saturated heterocycles. The molecule has 1 amide bonds. The van der Waals surface area contributed by atoms with Gasteiger partial charge in [0.25, 0.3) is 0 Å². The summed E-state index contributed by atoms with van der Waals surface area (Å²) in [5, 5.41) is 3.78. The van der Waals surface area contributed by atoms with Gasteiger partial charge in [-0.15, -0.1) is 11.3 Å². The van der Waals surface area contributed by atoms with Gasteiger partial charge in [0.1, 0.15) is 5.69 Å². The van der Waals surface area contributed by atoms with Crippen molar-refractivity contribution in [3.63, 3.8) is 0 Å². The first-order valence-electron chi connectivity index (χ1n) is 13.7. The van der Waals surface area contributed by atoms with Crippen molar-refractivity contribution >= 4 is 27.5 Å². The van der Waals surface area contributed by atoms with Gasteiger partial charge in [-0.25, -0.2) is 22.9 Å². The van der Waals surface area contributed by atoms with Crippen LogP contribution in [-0.4, -0.2) is 42.2 Å². The van der Waals surface area contributed by atoms with Crippen molar-refractivity contribution in [2.75, 3.05) is 0 Å². The second kappa shape index (κ2) is 12.3. The monoisotopic (exact) mass is 624 g/mol. The van der Waals surface area contributed by atoms with Crippen LogP contribution in [0.5, 0.6) is 0 Å². The number of alkyl carbamates (subject to hydrolysis) is 1. The first-order valence-corrected chi connectivity index (χ1v) is 16.0. The Hall–Kier alpha value is -3.03. The number of rotatable bonds is 7. The van der Waals surface area contributed by atoms with Crippen molar-refractivity contribution in [1.29, 1.82) is 0 Å². The molecule has 0 bridgehead atoms. The number of nitrogens with one attached hydrogen (secondary N) is 2. The molecule has 42 heavy (non-hydrogen) atoms. The lowest BCUT2D eigenvalue weighted by atomic mass is 9.86. The van der Waals surface area contributed by atoms with Crippen LogP contribution < -0.4 is 10.0 Å².